The number of benzene rings is 1. The van der Waals surface area contributed by atoms with E-state index in [1.807, 2.05) is 0 Å². The van der Waals surface area contributed by atoms with Gasteiger partial charge in [-0.25, -0.2) is 0 Å². The van der Waals surface area contributed by atoms with Crippen LogP contribution in [0.15, 0.2) is 12.1 Å². The van der Waals surface area contributed by atoms with Crippen LogP contribution in [0.1, 0.15) is 50.3 Å². The number of aryl methyl sites for hydroxylation is 2. The summed E-state index contributed by atoms with van der Waals surface area (Å²) in [5, 5.41) is 3.58. The van der Waals surface area contributed by atoms with Crippen molar-refractivity contribution < 1.29 is 4.74 Å². The monoisotopic (exact) mass is 249 g/mol. The first-order valence-corrected chi connectivity index (χ1v) is 6.78. The summed E-state index contributed by atoms with van der Waals surface area (Å²) in [5.74, 6) is 1.44. The van der Waals surface area contributed by atoms with Gasteiger partial charge in [-0.3, -0.25) is 0 Å². The molecule has 18 heavy (non-hydrogen) atoms. The van der Waals surface area contributed by atoms with Crippen LogP contribution in [0.3, 0.4) is 0 Å². The highest BCUT2D eigenvalue weighted by Gasteiger charge is 2.20. The van der Waals surface area contributed by atoms with Crippen LogP contribution >= 0.6 is 0 Å². The maximum atomic E-state index is 5.56. The second kappa shape index (κ2) is 6.24. The second-order valence-corrected chi connectivity index (χ2v) is 5.60. The Balaban J connectivity index is 3.07. The number of nitrogens with one attached hydrogen (secondary N) is 1. The van der Waals surface area contributed by atoms with Crippen molar-refractivity contribution in [2.45, 2.75) is 59.5 Å². The van der Waals surface area contributed by atoms with Gasteiger partial charge in [0.2, 0.25) is 0 Å². The molecule has 2 nitrogen and oxygen atoms in total. The molecule has 0 radical (unpaired) electrons. The Bertz CT molecular complexity index is 398. The lowest BCUT2D eigenvalue weighted by Crippen LogP contribution is -2.36. The average molecular weight is 249 g/mol. The van der Waals surface area contributed by atoms with Gasteiger partial charge in [0.15, 0.2) is 0 Å². The quantitative estimate of drug-likeness (QED) is 0.857. The van der Waals surface area contributed by atoms with E-state index in [9.17, 15) is 0 Å². The first kappa shape index (κ1) is 15.0. The Kier molecular flexibility index (Phi) is 5.21. The van der Waals surface area contributed by atoms with E-state index in [1.54, 1.807) is 7.11 Å². The molecule has 0 heterocycles. The molecular weight excluding hydrogens is 222 g/mol. The third-order valence-corrected chi connectivity index (χ3v) is 3.51. The standard InChI is InChI=1S/C16H27NO/c1-10(2)17-14(6)13(5)16-12(4)8-11(3)9-15(16)18-7/h8-10,13-14,17H,1-7H3. The Hall–Kier alpha value is -1.02. The summed E-state index contributed by atoms with van der Waals surface area (Å²) >= 11 is 0. The summed E-state index contributed by atoms with van der Waals surface area (Å²) in [7, 11) is 1.75. The summed E-state index contributed by atoms with van der Waals surface area (Å²) < 4.78 is 5.56. The van der Waals surface area contributed by atoms with E-state index >= 15 is 0 Å². The van der Waals surface area contributed by atoms with Crippen LogP contribution in [0.2, 0.25) is 0 Å². The molecule has 2 heteroatoms. The van der Waals surface area contributed by atoms with E-state index in [0.29, 0.717) is 18.0 Å². The van der Waals surface area contributed by atoms with E-state index in [2.05, 4.69) is 59.0 Å². The van der Waals surface area contributed by atoms with Gasteiger partial charge in [0.05, 0.1) is 7.11 Å². The van der Waals surface area contributed by atoms with Crippen molar-refractivity contribution >= 4 is 0 Å². The van der Waals surface area contributed by atoms with Crippen molar-refractivity contribution in [2.75, 3.05) is 7.11 Å². The van der Waals surface area contributed by atoms with E-state index in [0.717, 1.165) is 5.75 Å². The van der Waals surface area contributed by atoms with Gasteiger partial charge in [-0.15, -0.1) is 0 Å². The second-order valence-electron chi connectivity index (χ2n) is 5.60. The summed E-state index contributed by atoms with van der Waals surface area (Å²) in [5.41, 5.74) is 3.89. The summed E-state index contributed by atoms with van der Waals surface area (Å²) in [6.45, 7) is 13.2. The summed E-state index contributed by atoms with van der Waals surface area (Å²) in [6.07, 6.45) is 0. The number of hydrogen-bond acceptors (Lipinski definition) is 2. The first-order chi connectivity index (χ1) is 8.36. The molecule has 2 unspecified atom stereocenters. The Labute approximate surface area is 112 Å². The molecule has 102 valence electrons. The maximum absolute atomic E-state index is 5.56. The van der Waals surface area contributed by atoms with Crippen molar-refractivity contribution in [3.05, 3.63) is 28.8 Å². The summed E-state index contributed by atoms with van der Waals surface area (Å²) in [4.78, 5) is 0. The summed E-state index contributed by atoms with van der Waals surface area (Å²) in [6, 6.07) is 5.29. The zero-order valence-corrected chi connectivity index (χ0v) is 12.8. The van der Waals surface area contributed by atoms with Gasteiger partial charge in [0.25, 0.3) is 0 Å². The number of hydrogen-bond donors (Lipinski definition) is 1. The fraction of sp³-hybridized carbons (Fsp3) is 0.625. The lowest BCUT2D eigenvalue weighted by atomic mass is 9.89. The molecule has 0 aliphatic heterocycles. The van der Waals surface area contributed by atoms with Gasteiger partial charge in [0.1, 0.15) is 5.75 Å². The molecule has 0 fully saturated rings. The smallest absolute Gasteiger partial charge is 0.122 e. The van der Waals surface area contributed by atoms with E-state index in [-0.39, 0.29) is 0 Å². The normalized spacial score (nSPS) is 14.7. The number of ether oxygens (including phenoxy) is 1. The topological polar surface area (TPSA) is 21.3 Å². The van der Waals surface area contributed by atoms with Crippen LogP contribution in [-0.2, 0) is 0 Å². The minimum atomic E-state index is 0.431. The predicted octanol–water partition coefficient (Wildman–Crippen LogP) is 3.80. The van der Waals surface area contributed by atoms with E-state index < -0.39 is 0 Å². The van der Waals surface area contributed by atoms with E-state index in [1.165, 1.54) is 16.7 Å². The molecular formula is C16H27NO. The molecule has 0 aliphatic rings. The molecule has 0 bridgehead atoms. The Morgan fingerprint density at radius 1 is 1.06 bits per heavy atom. The van der Waals surface area contributed by atoms with Crippen molar-refractivity contribution in [3.8, 4) is 5.75 Å². The van der Waals surface area contributed by atoms with Gasteiger partial charge in [0, 0.05) is 23.6 Å². The molecule has 0 aromatic heterocycles. The third kappa shape index (κ3) is 3.49. The highest BCUT2D eigenvalue weighted by Crippen LogP contribution is 2.33. The molecule has 2 atom stereocenters. The van der Waals surface area contributed by atoms with Gasteiger partial charge in [-0.05, 0) is 38.0 Å². The van der Waals surface area contributed by atoms with Crippen LogP contribution in [0.5, 0.6) is 5.75 Å². The molecule has 1 N–H and O–H groups in total. The molecule has 1 rings (SSSR count). The number of methoxy groups -OCH3 is 1. The molecule has 0 aliphatic carbocycles. The largest absolute Gasteiger partial charge is 0.496 e. The van der Waals surface area contributed by atoms with Gasteiger partial charge in [-0.2, -0.15) is 0 Å². The maximum Gasteiger partial charge on any atom is 0.122 e. The van der Waals surface area contributed by atoms with Crippen molar-refractivity contribution in [2.24, 2.45) is 0 Å². The van der Waals surface area contributed by atoms with Gasteiger partial charge < -0.3 is 10.1 Å². The van der Waals surface area contributed by atoms with Crippen molar-refractivity contribution in [1.29, 1.82) is 0 Å². The first-order valence-electron chi connectivity index (χ1n) is 6.78. The number of rotatable bonds is 5. The lowest BCUT2D eigenvalue weighted by molar-refractivity contribution is 0.389. The molecule has 0 spiro atoms. The zero-order chi connectivity index (χ0) is 13.9. The molecule has 1 aromatic carbocycles. The van der Waals surface area contributed by atoms with Gasteiger partial charge >= 0.3 is 0 Å². The molecule has 0 saturated carbocycles. The Morgan fingerprint density at radius 2 is 1.67 bits per heavy atom. The molecule has 0 amide bonds. The minimum Gasteiger partial charge on any atom is -0.496 e. The van der Waals surface area contributed by atoms with Crippen LogP contribution in [0.4, 0.5) is 0 Å². The third-order valence-electron chi connectivity index (χ3n) is 3.51. The zero-order valence-electron chi connectivity index (χ0n) is 12.8. The Morgan fingerprint density at radius 3 is 2.17 bits per heavy atom. The van der Waals surface area contributed by atoms with Crippen LogP contribution in [-0.4, -0.2) is 19.2 Å². The van der Waals surface area contributed by atoms with Crippen LogP contribution < -0.4 is 10.1 Å². The van der Waals surface area contributed by atoms with Crippen molar-refractivity contribution in [3.63, 3.8) is 0 Å². The highest BCUT2D eigenvalue weighted by atomic mass is 16.5. The van der Waals surface area contributed by atoms with Crippen molar-refractivity contribution in [1.82, 2.24) is 5.32 Å². The van der Waals surface area contributed by atoms with Gasteiger partial charge in [-0.1, -0.05) is 26.8 Å². The average Bonchev–Trinajstić information content (AvgIpc) is 2.26. The SMILES string of the molecule is COc1cc(C)cc(C)c1C(C)C(C)NC(C)C. The highest BCUT2D eigenvalue weighted by molar-refractivity contribution is 5.45. The molecule has 1 aromatic rings. The fourth-order valence-electron chi connectivity index (χ4n) is 2.61. The van der Waals surface area contributed by atoms with Crippen LogP contribution in [0.25, 0.3) is 0 Å². The minimum absolute atomic E-state index is 0.431. The predicted molar refractivity (Wildman–Crippen MR) is 78.6 cm³/mol. The lowest BCUT2D eigenvalue weighted by Gasteiger charge is -2.27. The molecule has 0 saturated heterocycles. The fourth-order valence-corrected chi connectivity index (χ4v) is 2.61. The van der Waals surface area contributed by atoms with Crippen LogP contribution in [0, 0.1) is 13.8 Å². The van der Waals surface area contributed by atoms with E-state index in [4.69, 9.17) is 4.74 Å².